The van der Waals surface area contributed by atoms with E-state index in [1.165, 1.54) is 6.07 Å². The summed E-state index contributed by atoms with van der Waals surface area (Å²) >= 11 is 0. The van der Waals surface area contributed by atoms with Gasteiger partial charge >= 0.3 is 0 Å². The Morgan fingerprint density at radius 2 is 1.95 bits per heavy atom. The number of hydrogen-bond acceptors (Lipinski definition) is 3. The summed E-state index contributed by atoms with van der Waals surface area (Å²) in [7, 11) is 0. The molecule has 19 heavy (non-hydrogen) atoms. The van der Waals surface area contributed by atoms with Crippen LogP contribution < -0.4 is 4.90 Å². The Hall–Kier alpha value is -1.13. The van der Waals surface area contributed by atoms with Gasteiger partial charge in [0.2, 0.25) is 0 Å². The van der Waals surface area contributed by atoms with Crippen LogP contribution in [0.1, 0.15) is 44.9 Å². The molecule has 0 aliphatic rings. The van der Waals surface area contributed by atoms with Crippen LogP contribution in [0.5, 0.6) is 0 Å². The molecule has 0 saturated carbocycles. The monoisotopic (exact) mass is 269 g/mol. The molecule has 2 N–H and O–H groups in total. The summed E-state index contributed by atoms with van der Waals surface area (Å²) in [5, 5.41) is 19.8. The Labute approximate surface area is 114 Å². The summed E-state index contributed by atoms with van der Waals surface area (Å²) in [5.41, 5.74) is 1.01. The molecule has 0 bridgehead atoms. The van der Waals surface area contributed by atoms with E-state index in [0.29, 0.717) is 24.2 Å². The van der Waals surface area contributed by atoms with E-state index in [0.717, 1.165) is 5.69 Å². The molecule has 1 atom stereocenters. The average molecular weight is 269 g/mol. The molecule has 1 aromatic rings. The van der Waals surface area contributed by atoms with Crippen molar-refractivity contribution in [1.29, 1.82) is 0 Å². The molecule has 3 nitrogen and oxygen atoms in total. The maximum absolute atomic E-state index is 13.6. The fourth-order valence-corrected chi connectivity index (χ4v) is 2.12. The number of likely N-dealkylation sites (N-methyl/N-ethyl adjacent to an activating group) is 1. The van der Waals surface area contributed by atoms with Crippen molar-refractivity contribution in [3.05, 3.63) is 29.1 Å². The molecule has 0 unspecified atom stereocenters. The van der Waals surface area contributed by atoms with Crippen LogP contribution in [0.4, 0.5) is 10.1 Å². The Bertz CT molecular complexity index is 439. The lowest BCUT2D eigenvalue weighted by Crippen LogP contribution is -2.39. The molecule has 0 radical (unpaired) electrons. The van der Waals surface area contributed by atoms with Crippen molar-refractivity contribution in [2.45, 2.75) is 46.3 Å². The predicted molar refractivity (Wildman–Crippen MR) is 76.0 cm³/mol. The highest BCUT2D eigenvalue weighted by atomic mass is 19.1. The quantitative estimate of drug-likeness (QED) is 0.864. The van der Waals surface area contributed by atoms with Crippen LogP contribution in [0.2, 0.25) is 0 Å². The Balaban J connectivity index is 3.25. The van der Waals surface area contributed by atoms with Crippen LogP contribution in [0.15, 0.2) is 12.1 Å². The van der Waals surface area contributed by atoms with Gasteiger partial charge in [-0.25, -0.2) is 4.39 Å². The van der Waals surface area contributed by atoms with Gasteiger partial charge in [-0.05, 0) is 52.3 Å². The average Bonchev–Trinajstić information content (AvgIpc) is 2.27. The third-order valence-electron chi connectivity index (χ3n) is 3.06. The number of aliphatic hydroxyl groups excluding tert-OH is 1. The van der Waals surface area contributed by atoms with Crippen molar-refractivity contribution in [2.24, 2.45) is 0 Å². The molecule has 1 aromatic carbocycles. The van der Waals surface area contributed by atoms with Crippen LogP contribution >= 0.6 is 0 Å². The Morgan fingerprint density at radius 3 is 2.37 bits per heavy atom. The summed E-state index contributed by atoms with van der Waals surface area (Å²) in [5.74, 6) is -0.320. The first-order valence-electron chi connectivity index (χ1n) is 6.61. The number of halogens is 1. The molecule has 1 rings (SSSR count). The molecule has 0 saturated heterocycles. The van der Waals surface area contributed by atoms with Crippen LogP contribution in [-0.2, 0) is 0 Å². The minimum Gasteiger partial charge on any atom is -0.389 e. The summed E-state index contributed by atoms with van der Waals surface area (Å²) < 4.78 is 13.6. The molecule has 0 aliphatic heterocycles. The number of benzene rings is 1. The molecule has 0 aromatic heterocycles. The first-order valence-corrected chi connectivity index (χ1v) is 6.61. The van der Waals surface area contributed by atoms with Crippen LogP contribution in [0.25, 0.3) is 0 Å². The van der Waals surface area contributed by atoms with E-state index in [9.17, 15) is 14.6 Å². The Kier molecular flexibility index (Phi) is 4.93. The van der Waals surface area contributed by atoms with Gasteiger partial charge in [-0.1, -0.05) is 0 Å². The molecule has 0 amide bonds. The molecule has 0 spiro atoms. The first-order chi connectivity index (χ1) is 8.65. The number of hydrogen-bond donors (Lipinski definition) is 2. The lowest BCUT2D eigenvalue weighted by atomic mass is 10.0. The van der Waals surface area contributed by atoms with Crippen molar-refractivity contribution >= 4 is 5.69 Å². The number of nitrogens with zero attached hydrogens (tertiary/aromatic N) is 1. The molecule has 0 fully saturated rings. The topological polar surface area (TPSA) is 43.7 Å². The van der Waals surface area contributed by atoms with Gasteiger partial charge in [0.1, 0.15) is 5.82 Å². The van der Waals surface area contributed by atoms with Crippen LogP contribution in [0.3, 0.4) is 0 Å². The van der Waals surface area contributed by atoms with Crippen molar-refractivity contribution < 1.29 is 14.6 Å². The third kappa shape index (κ3) is 4.18. The molecular formula is C15H24FNO2. The van der Waals surface area contributed by atoms with E-state index in [1.54, 1.807) is 33.8 Å². The lowest BCUT2D eigenvalue weighted by molar-refractivity contribution is 0.0873. The van der Waals surface area contributed by atoms with Gasteiger partial charge in [0, 0.05) is 24.3 Å². The van der Waals surface area contributed by atoms with Crippen LogP contribution in [0, 0.1) is 12.7 Å². The second kappa shape index (κ2) is 5.88. The largest absolute Gasteiger partial charge is 0.389 e. The normalized spacial score (nSPS) is 13.5. The van der Waals surface area contributed by atoms with Gasteiger partial charge in [-0.2, -0.15) is 0 Å². The Morgan fingerprint density at radius 1 is 1.37 bits per heavy atom. The van der Waals surface area contributed by atoms with Crippen molar-refractivity contribution in [3.8, 4) is 0 Å². The van der Waals surface area contributed by atoms with Gasteiger partial charge < -0.3 is 15.1 Å². The third-order valence-corrected chi connectivity index (χ3v) is 3.06. The zero-order chi connectivity index (χ0) is 14.8. The van der Waals surface area contributed by atoms with Crippen LogP contribution in [-0.4, -0.2) is 28.9 Å². The van der Waals surface area contributed by atoms with Gasteiger partial charge in [0.25, 0.3) is 0 Å². The smallest absolute Gasteiger partial charge is 0.126 e. The second-order valence-electron chi connectivity index (χ2n) is 5.66. The van der Waals surface area contributed by atoms with Crippen molar-refractivity contribution in [3.63, 3.8) is 0 Å². The van der Waals surface area contributed by atoms with E-state index in [4.69, 9.17) is 0 Å². The van der Waals surface area contributed by atoms with Gasteiger partial charge in [-0.15, -0.1) is 0 Å². The zero-order valence-corrected chi connectivity index (χ0v) is 12.4. The van der Waals surface area contributed by atoms with E-state index in [2.05, 4.69) is 0 Å². The second-order valence-corrected chi connectivity index (χ2v) is 5.66. The number of rotatable bonds is 5. The maximum Gasteiger partial charge on any atom is 0.126 e. The van der Waals surface area contributed by atoms with E-state index >= 15 is 0 Å². The van der Waals surface area contributed by atoms with Gasteiger partial charge in [-0.3, -0.25) is 0 Å². The molecule has 4 heteroatoms. The lowest BCUT2D eigenvalue weighted by Gasteiger charge is -2.32. The van der Waals surface area contributed by atoms with E-state index in [1.807, 2.05) is 11.8 Å². The number of anilines is 1. The number of aryl methyl sites for hydroxylation is 1. The summed E-state index contributed by atoms with van der Waals surface area (Å²) in [4.78, 5) is 1.95. The predicted octanol–water partition coefficient (Wildman–Crippen LogP) is 2.78. The first kappa shape index (κ1) is 15.9. The van der Waals surface area contributed by atoms with Crippen molar-refractivity contribution in [2.75, 3.05) is 18.0 Å². The van der Waals surface area contributed by atoms with Gasteiger partial charge in [0.15, 0.2) is 0 Å². The molecule has 0 heterocycles. The fourth-order valence-electron chi connectivity index (χ4n) is 2.12. The SMILES string of the molecule is CCN(CC(C)(C)O)c1cc(C)c(F)cc1[C@@H](C)O. The maximum atomic E-state index is 13.6. The standard InChI is InChI=1S/C15H24FNO2/c1-6-17(9-15(4,5)19)14-7-10(2)13(16)8-12(14)11(3)18/h7-8,11,18-19H,6,9H2,1-5H3/t11-/m1/s1. The molecule has 0 aliphatic carbocycles. The van der Waals surface area contributed by atoms with Crippen molar-refractivity contribution in [1.82, 2.24) is 0 Å². The highest BCUT2D eigenvalue weighted by molar-refractivity contribution is 5.57. The fraction of sp³-hybridized carbons (Fsp3) is 0.600. The minimum atomic E-state index is -0.853. The van der Waals surface area contributed by atoms with E-state index in [-0.39, 0.29) is 5.82 Å². The number of aliphatic hydroxyl groups is 2. The summed E-state index contributed by atoms with van der Waals surface area (Å²) in [6.45, 7) is 9.84. The summed E-state index contributed by atoms with van der Waals surface area (Å²) in [6.07, 6.45) is -0.749. The van der Waals surface area contributed by atoms with Gasteiger partial charge in [0.05, 0.1) is 11.7 Å². The molecular weight excluding hydrogens is 245 g/mol. The minimum absolute atomic E-state index is 0.320. The zero-order valence-electron chi connectivity index (χ0n) is 12.4. The highest BCUT2D eigenvalue weighted by Crippen LogP contribution is 2.30. The molecule has 108 valence electrons. The summed E-state index contributed by atoms with van der Waals surface area (Å²) in [6, 6.07) is 3.11. The van der Waals surface area contributed by atoms with E-state index < -0.39 is 11.7 Å². The highest BCUT2D eigenvalue weighted by Gasteiger charge is 2.21.